The van der Waals surface area contributed by atoms with Crippen LogP contribution < -0.4 is 0 Å². The van der Waals surface area contributed by atoms with Gasteiger partial charge in [-0.05, 0) is 86.5 Å². The average molecular weight is 316 g/mol. The molecule has 2 nitrogen and oxygen atoms in total. The zero-order chi connectivity index (χ0) is 16.6. The first kappa shape index (κ1) is 15.9. The van der Waals surface area contributed by atoms with Crippen molar-refractivity contribution in [1.82, 2.24) is 0 Å². The standard InChI is InChI=1S/C21H32O2/c1-13-12-19(2)14(11-18(13)22)5-6-15-16(19)7-9-20(3)17(15)8-10-21(20,4)23/h11,13,15-17,23H,5-10,12H2,1-4H3/t13?,15-,16+,17+,19+,20+,21+/m1/s1. The molecule has 128 valence electrons. The Kier molecular flexibility index (Phi) is 3.25. The molecule has 0 bridgehead atoms. The van der Waals surface area contributed by atoms with Gasteiger partial charge in [0.1, 0.15) is 0 Å². The summed E-state index contributed by atoms with van der Waals surface area (Å²) >= 11 is 0. The number of hydrogen-bond donors (Lipinski definition) is 1. The number of hydrogen-bond acceptors (Lipinski definition) is 2. The van der Waals surface area contributed by atoms with E-state index in [4.69, 9.17) is 0 Å². The molecule has 4 aliphatic rings. The predicted octanol–water partition coefficient (Wildman–Crippen LogP) is 4.52. The minimum absolute atomic E-state index is 0.0991. The fourth-order valence-corrected chi connectivity index (χ4v) is 7.14. The molecular formula is C21H32O2. The van der Waals surface area contributed by atoms with Gasteiger partial charge in [0.25, 0.3) is 0 Å². The number of carbonyl (C=O) groups excluding carboxylic acids is 1. The van der Waals surface area contributed by atoms with E-state index in [0.717, 1.165) is 31.6 Å². The van der Waals surface area contributed by atoms with Crippen LogP contribution in [0.15, 0.2) is 11.6 Å². The second kappa shape index (κ2) is 4.71. The number of carbonyl (C=O) groups is 1. The van der Waals surface area contributed by atoms with Crippen molar-refractivity contribution in [3.8, 4) is 0 Å². The van der Waals surface area contributed by atoms with Crippen molar-refractivity contribution in [1.29, 1.82) is 0 Å². The maximum atomic E-state index is 12.2. The van der Waals surface area contributed by atoms with E-state index in [1.54, 1.807) is 0 Å². The Morgan fingerprint density at radius 2 is 1.78 bits per heavy atom. The van der Waals surface area contributed by atoms with Gasteiger partial charge in [-0.25, -0.2) is 0 Å². The molecule has 7 atom stereocenters. The van der Waals surface area contributed by atoms with Crippen LogP contribution in [0.3, 0.4) is 0 Å². The zero-order valence-electron chi connectivity index (χ0n) is 15.2. The highest BCUT2D eigenvalue weighted by Crippen LogP contribution is 2.67. The van der Waals surface area contributed by atoms with Crippen molar-refractivity contribution in [3.63, 3.8) is 0 Å². The first-order chi connectivity index (χ1) is 10.7. The average Bonchev–Trinajstić information content (AvgIpc) is 2.71. The Bertz CT molecular complexity index is 574. The third kappa shape index (κ3) is 1.94. The summed E-state index contributed by atoms with van der Waals surface area (Å²) in [7, 11) is 0. The normalized spacial score (nSPS) is 55.7. The summed E-state index contributed by atoms with van der Waals surface area (Å²) in [5, 5.41) is 11.0. The van der Waals surface area contributed by atoms with E-state index in [9.17, 15) is 9.90 Å². The molecule has 0 heterocycles. The van der Waals surface area contributed by atoms with Gasteiger partial charge in [-0.1, -0.05) is 26.3 Å². The second-order valence-electron chi connectivity index (χ2n) is 9.78. The Labute approximate surface area is 140 Å². The van der Waals surface area contributed by atoms with Gasteiger partial charge in [-0.3, -0.25) is 4.79 Å². The van der Waals surface area contributed by atoms with E-state index < -0.39 is 5.60 Å². The van der Waals surface area contributed by atoms with Gasteiger partial charge >= 0.3 is 0 Å². The molecule has 0 spiro atoms. The fraction of sp³-hybridized carbons (Fsp3) is 0.857. The molecule has 2 heteroatoms. The summed E-state index contributed by atoms with van der Waals surface area (Å²) in [6.45, 7) is 8.97. The van der Waals surface area contributed by atoms with Gasteiger partial charge in [-0.15, -0.1) is 0 Å². The largest absolute Gasteiger partial charge is 0.390 e. The molecule has 23 heavy (non-hydrogen) atoms. The summed E-state index contributed by atoms with van der Waals surface area (Å²) in [6.07, 6.45) is 9.90. The SMILES string of the molecule is CC1C[C@@]2(C)C(=CC1=O)CC[C@@H]1[C@@H]2CC[C@@]2(C)[C@H]1CC[C@]2(C)O. The lowest BCUT2D eigenvalue weighted by Crippen LogP contribution is -2.54. The molecular weight excluding hydrogens is 284 g/mol. The summed E-state index contributed by atoms with van der Waals surface area (Å²) in [4.78, 5) is 12.2. The molecule has 0 aromatic carbocycles. The van der Waals surface area contributed by atoms with Crippen LogP contribution in [0, 0.1) is 34.5 Å². The molecule has 0 radical (unpaired) electrons. The Balaban J connectivity index is 1.70. The lowest BCUT2D eigenvalue weighted by Gasteiger charge is -2.59. The molecule has 3 fully saturated rings. The molecule has 0 aromatic rings. The smallest absolute Gasteiger partial charge is 0.158 e. The summed E-state index contributed by atoms with van der Waals surface area (Å²) in [6, 6.07) is 0. The van der Waals surface area contributed by atoms with Crippen molar-refractivity contribution in [2.45, 2.75) is 78.2 Å². The number of rotatable bonds is 0. The van der Waals surface area contributed by atoms with Crippen molar-refractivity contribution in [2.24, 2.45) is 34.5 Å². The Morgan fingerprint density at radius 1 is 1.09 bits per heavy atom. The molecule has 1 unspecified atom stereocenters. The molecule has 4 rings (SSSR count). The van der Waals surface area contributed by atoms with E-state index in [0.29, 0.717) is 17.6 Å². The first-order valence-electron chi connectivity index (χ1n) is 9.66. The monoisotopic (exact) mass is 316 g/mol. The Morgan fingerprint density at radius 3 is 2.52 bits per heavy atom. The number of allylic oxidation sites excluding steroid dienone is 1. The van der Waals surface area contributed by atoms with Crippen LogP contribution in [0.5, 0.6) is 0 Å². The van der Waals surface area contributed by atoms with Crippen molar-refractivity contribution in [3.05, 3.63) is 11.6 Å². The zero-order valence-corrected chi connectivity index (χ0v) is 15.2. The van der Waals surface area contributed by atoms with Gasteiger partial charge in [0, 0.05) is 5.92 Å². The summed E-state index contributed by atoms with van der Waals surface area (Å²) in [5.41, 5.74) is 1.28. The lowest BCUT2D eigenvalue weighted by molar-refractivity contribution is -0.128. The van der Waals surface area contributed by atoms with Gasteiger partial charge in [0.05, 0.1) is 5.60 Å². The van der Waals surface area contributed by atoms with Crippen molar-refractivity contribution in [2.75, 3.05) is 0 Å². The van der Waals surface area contributed by atoms with E-state index in [1.807, 2.05) is 6.08 Å². The van der Waals surface area contributed by atoms with Gasteiger partial charge in [0.15, 0.2) is 5.78 Å². The van der Waals surface area contributed by atoms with E-state index in [-0.39, 0.29) is 16.7 Å². The van der Waals surface area contributed by atoms with Crippen molar-refractivity contribution >= 4 is 5.78 Å². The third-order valence-corrected chi connectivity index (χ3v) is 8.83. The maximum absolute atomic E-state index is 12.2. The minimum Gasteiger partial charge on any atom is -0.390 e. The van der Waals surface area contributed by atoms with Crippen LogP contribution >= 0.6 is 0 Å². The van der Waals surface area contributed by atoms with Gasteiger partial charge < -0.3 is 5.11 Å². The third-order valence-electron chi connectivity index (χ3n) is 8.83. The topological polar surface area (TPSA) is 37.3 Å². The second-order valence-corrected chi connectivity index (χ2v) is 9.78. The molecule has 0 aromatic heterocycles. The number of fused-ring (bicyclic) bond motifs is 5. The first-order valence-corrected chi connectivity index (χ1v) is 9.66. The molecule has 1 N–H and O–H groups in total. The quantitative estimate of drug-likeness (QED) is 0.713. The predicted molar refractivity (Wildman–Crippen MR) is 91.9 cm³/mol. The molecule has 0 aliphatic heterocycles. The molecule has 4 aliphatic carbocycles. The van der Waals surface area contributed by atoms with Crippen LogP contribution in [0.1, 0.15) is 72.6 Å². The molecule has 0 saturated heterocycles. The molecule has 3 saturated carbocycles. The summed E-state index contributed by atoms with van der Waals surface area (Å²) in [5.74, 6) is 2.65. The maximum Gasteiger partial charge on any atom is 0.158 e. The van der Waals surface area contributed by atoms with Crippen molar-refractivity contribution < 1.29 is 9.90 Å². The summed E-state index contributed by atoms with van der Waals surface area (Å²) < 4.78 is 0. The van der Waals surface area contributed by atoms with Crippen LogP contribution in [0.25, 0.3) is 0 Å². The van der Waals surface area contributed by atoms with Crippen LogP contribution in [-0.4, -0.2) is 16.5 Å². The van der Waals surface area contributed by atoms with E-state index >= 15 is 0 Å². The number of aliphatic hydroxyl groups is 1. The molecule has 0 amide bonds. The minimum atomic E-state index is -0.491. The number of ketones is 1. The fourth-order valence-electron chi connectivity index (χ4n) is 7.14. The van der Waals surface area contributed by atoms with Crippen LogP contribution in [0.2, 0.25) is 0 Å². The Hall–Kier alpha value is -0.630. The highest BCUT2D eigenvalue weighted by atomic mass is 16.3. The van der Waals surface area contributed by atoms with E-state index in [2.05, 4.69) is 27.7 Å². The highest BCUT2D eigenvalue weighted by molar-refractivity contribution is 5.93. The highest BCUT2D eigenvalue weighted by Gasteiger charge is 2.62. The van der Waals surface area contributed by atoms with Crippen LogP contribution in [0.4, 0.5) is 0 Å². The van der Waals surface area contributed by atoms with Crippen LogP contribution in [-0.2, 0) is 4.79 Å². The van der Waals surface area contributed by atoms with Gasteiger partial charge in [-0.2, -0.15) is 0 Å². The van der Waals surface area contributed by atoms with E-state index in [1.165, 1.54) is 24.8 Å². The van der Waals surface area contributed by atoms with Gasteiger partial charge in [0.2, 0.25) is 0 Å². The lowest BCUT2D eigenvalue weighted by atomic mass is 9.46.